The third-order valence-electron chi connectivity index (χ3n) is 3.98. The van der Waals surface area contributed by atoms with Gasteiger partial charge in [0.05, 0.1) is 6.33 Å². The Balaban J connectivity index is -0.0000000702. The van der Waals surface area contributed by atoms with Crippen LogP contribution in [-0.2, 0) is 0 Å². The van der Waals surface area contributed by atoms with Gasteiger partial charge in [-0.2, -0.15) is 15.3 Å². The van der Waals surface area contributed by atoms with Crippen LogP contribution in [0.25, 0.3) is 0 Å². The molecule has 1 aromatic carbocycles. The van der Waals surface area contributed by atoms with E-state index in [1.807, 2.05) is 97.3 Å². The molecule has 0 radical (unpaired) electrons. The number of nitrogens with zero attached hydrogens (tertiary/aromatic N) is 9. The topological polar surface area (TPSA) is 163 Å². The number of nitrogens with one attached hydrogen (secondary N) is 3. The minimum atomic E-state index is 0.500. The van der Waals surface area contributed by atoms with Crippen molar-refractivity contribution in [3.8, 4) is 0 Å². The van der Waals surface area contributed by atoms with Crippen molar-refractivity contribution in [2.45, 2.75) is 436 Å². The van der Waals surface area contributed by atoms with Crippen LogP contribution in [-0.4, -0.2) is 60.3 Å². The van der Waals surface area contributed by atoms with E-state index in [0.29, 0.717) is 81.2 Å². The number of aromatic amines is 3. The minimum Gasteiger partial charge on any atom is -0.368 e. The highest BCUT2D eigenvalue weighted by molar-refractivity contribution is 4.99. The minimum absolute atomic E-state index is 0.500. The van der Waals surface area contributed by atoms with Crippen molar-refractivity contribution in [3.05, 3.63) is 203 Å². The second kappa shape index (κ2) is 89.7. The summed E-state index contributed by atoms with van der Waals surface area (Å²) in [7, 11) is 0. The molecule has 12 heteroatoms. The SMILES string of the molecule is CC(C)(C)C.CC(C)(C)C.CC(C)(C)C.CC(C)(C)C.CC(C)(C)C.CC(C)(C)C.CC(C)(C)C.CC(C)(C)C.CC(C)(C)C.CC(C)(C)C.CC(C)(C)C.CC(C)(C)C.CC(C)(C)C.CC(C)(C)C.CC(C)(C)C.CC(C)C.c1c[nH]cn1.c1cc[nH]c1.c1ccccc1.c1ccncc1.c1ccnnc1.c1cn[nH]c1.c1cnccn1.c1cncnc1. The van der Waals surface area contributed by atoms with Crippen molar-refractivity contribution in [1.29, 1.82) is 0 Å². The molecule has 0 amide bonds. The number of pyridine rings is 1. The molecule has 124 heavy (non-hydrogen) atoms. The van der Waals surface area contributed by atoms with Crippen LogP contribution in [0.4, 0.5) is 0 Å². The highest BCUT2D eigenvalue weighted by Gasteiger charge is 2.02. The third kappa shape index (κ3) is 1030. The van der Waals surface area contributed by atoms with Crippen LogP contribution in [0, 0.1) is 87.1 Å². The van der Waals surface area contributed by atoms with Gasteiger partial charge in [-0.05, 0) is 136 Å². The molecule has 8 aromatic rings. The van der Waals surface area contributed by atoms with E-state index in [1.54, 1.807) is 99.1 Å². The lowest BCUT2D eigenvalue weighted by atomic mass is 10.0. The fraction of sp³-hybridized carbons (Fsp3) is 0.705. The molecule has 3 N–H and O–H groups in total. The number of hydrogen-bond acceptors (Lipinski definition) is 9. The van der Waals surface area contributed by atoms with Crippen molar-refractivity contribution in [3.63, 3.8) is 0 Å². The van der Waals surface area contributed by atoms with E-state index < -0.39 is 0 Å². The first-order chi connectivity index (χ1) is 54.2. The number of benzene rings is 1. The average Bonchev–Trinajstić information content (AvgIpc) is 2.21. The van der Waals surface area contributed by atoms with E-state index in [9.17, 15) is 0 Å². The van der Waals surface area contributed by atoms with Gasteiger partial charge in [-0.25, -0.2) is 15.0 Å². The molecule has 0 spiro atoms. The van der Waals surface area contributed by atoms with E-state index >= 15 is 0 Å². The summed E-state index contributed by atoms with van der Waals surface area (Å²) in [6, 6.07) is 28.9. The summed E-state index contributed by atoms with van der Waals surface area (Å²) in [6.45, 7) is 138. The molecule has 0 aliphatic carbocycles. The molecule has 12 nitrogen and oxygen atoms in total. The lowest BCUT2D eigenvalue weighted by molar-refractivity contribution is 0.469. The number of hydrogen-bond donors (Lipinski definition) is 3. The van der Waals surface area contributed by atoms with Crippen LogP contribution in [0.3, 0.4) is 0 Å². The van der Waals surface area contributed by atoms with Gasteiger partial charge in [0.25, 0.3) is 0 Å². The van der Waals surface area contributed by atoms with Crippen LogP contribution >= 0.6 is 0 Å². The zero-order valence-electron chi connectivity index (χ0n) is 95.7. The maximum absolute atomic E-state index is 3.78. The van der Waals surface area contributed by atoms with E-state index in [1.165, 1.54) is 6.33 Å². The second-order valence-electron chi connectivity index (χ2n) is 54.0. The van der Waals surface area contributed by atoms with Gasteiger partial charge in [-0.15, -0.1) is 0 Å². The molecule has 0 aliphatic heterocycles. The van der Waals surface area contributed by atoms with Crippen molar-refractivity contribution in [1.82, 2.24) is 60.3 Å². The molecule has 734 valence electrons. The maximum atomic E-state index is 3.78. The van der Waals surface area contributed by atoms with Crippen molar-refractivity contribution < 1.29 is 0 Å². The zero-order chi connectivity index (χ0) is 103. The van der Waals surface area contributed by atoms with Crippen LogP contribution < -0.4 is 0 Å². The van der Waals surface area contributed by atoms with E-state index in [2.05, 4.69) is 496 Å². The fourth-order valence-electron chi connectivity index (χ4n) is 2.17. The van der Waals surface area contributed by atoms with Gasteiger partial charge in [-0.3, -0.25) is 20.1 Å². The Labute approximate surface area is 781 Å². The number of rotatable bonds is 0. The van der Waals surface area contributed by atoms with Gasteiger partial charge in [-0.1, -0.05) is 479 Å². The Hall–Kier alpha value is -6.69. The average molecular weight is 1740 g/mol. The Morgan fingerprint density at radius 1 is 0.161 bits per heavy atom. The number of H-pyrrole nitrogens is 3. The van der Waals surface area contributed by atoms with Gasteiger partial charge in [0.1, 0.15) is 6.33 Å². The lowest BCUT2D eigenvalue weighted by Gasteiger charge is -2.05. The predicted octanol–water partition coefficient (Wildman–Crippen LogP) is 38.5. The summed E-state index contributed by atoms with van der Waals surface area (Å²) < 4.78 is 0. The molecule has 0 atom stereocenters. The van der Waals surface area contributed by atoms with Crippen LogP contribution in [0.2, 0.25) is 0 Å². The standard InChI is InChI=1S/C6H6.C5H5N.15C5H12.3C4H4N2.C4H5N.C4H10.2C3H4N2/c2*1-2-4-6-5-3-1;15*1-5(2,3)4;1-2-6-4-3-5-1;1-2-5-4-6-3-1;1-2-4-6-5-3-1;1-2-4-5-3-1;1-4(2)3;1-2-5-3-4-1;1-2-4-5-3-1/h1-6H;1-5H;15*1-4H3;3*1-4H;1-5H;4H,1-3H3;2*1-3H,(H,4,5). The van der Waals surface area contributed by atoms with Crippen molar-refractivity contribution >= 4 is 0 Å². The molecule has 0 unspecified atom stereocenters. The second-order valence-corrected chi connectivity index (χ2v) is 54.0. The summed E-state index contributed by atoms with van der Waals surface area (Å²) >= 11 is 0. The molecule has 0 fully saturated rings. The normalized spacial score (nSPS) is 10.5. The first kappa shape index (κ1) is 155. The Morgan fingerprint density at radius 3 is 0.411 bits per heavy atom. The zero-order valence-corrected chi connectivity index (χ0v) is 95.7. The van der Waals surface area contributed by atoms with Crippen molar-refractivity contribution in [2.24, 2.45) is 87.1 Å². The van der Waals surface area contributed by atoms with E-state index in [0.717, 1.165) is 5.92 Å². The summed E-state index contributed by atoms with van der Waals surface area (Å²) in [4.78, 5) is 27.9. The smallest absolute Gasteiger partial charge is 0.115 e. The maximum Gasteiger partial charge on any atom is 0.115 e. The van der Waals surface area contributed by atoms with Crippen LogP contribution in [0.1, 0.15) is 436 Å². The molecule has 0 saturated carbocycles. The van der Waals surface area contributed by atoms with Gasteiger partial charge >= 0.3 is 0 Å². The molecule has 8 rings (SSSR count). The predicted molar refractivity (Wildman–Crippen MR) is 572 cm³/mol. The first-order valence-electron chi connectivity index (χ1n) is 45.1. The van der Waals surface area contributed by atoms with Crippen molar-refractivity contribution in [2.75, 3.05) is 0 Å². The summed E-state index contributed by atoms with van der Waals surface area (Å²) in [6.07, 6.45) is 30.5. The van der Waals surface area contributed by atoms with Crippen LogP contribution in [0.15, 0.2) is 203 Å². The molecule has 7 aromatic heterocycles. The quantitative estimate of drug-likeness (QED) is 0.134. The third-order valence-corrected chi connectivity index (χ3v) is 3.98. The summed E-state index contributed by atoms with van der Waals surface area (Å²) in [5, 5.41) is 13.3. The highest BCUT2D eigenvalue weighted by Crippen LogP contribution is 2.15. The van der Waals surface area contributed by atoms with Gasteiger partial charge < -0.3 is 9.97 Å². The fourth-order valence-corrected chi connectivity index (χ4v) is 2.17. The molecule has 7 heterocycles. The molecular formula is C112H226N12. The van der Waals surface area contributed by atoms with E-state index in [-0.39, 0.29) is 0 Å². The first-order valence-corrected chi connectivity index (χ1v) is 45.1. The largest absolute Gasteiger partial charge is 0.368 e. The van der Waals surface area contributed by atoms with Gasteiger partial charge in [0.15, 0.2) is 0 Å². The molecule has 0 saturated heterocycles. The Bertz CT molecular complexity index is 2090. The lowest BCUT2D eigenvalue weighted by Crippen LogP contribution is -1.93. The van der Waals surface area contributed by atoms with E-state index in [4.69, 9.17) is 0 Å². The molecule has 0 aliphatic rings. The highest BCUT2D eigenvalue weighted by atomic mass is 15.1. The monoisotopic (exact) mass is 1740 g/mol. The summed E-state index contributed by atoms with van der Waals surface area (Å²) in [5.74, 6) is 0.833. The van der Waals surface area contributed by atoms with Crippen LogP contribution in [0.5, 0.6) is 0 Å². The number of aromatic nitrogens is 12. The Morgan fingerprint density at radius 2 is 0.347 bits per heavy atom. The number of imidazole rings is 1. The van der Waals surface area contributed by atoms with Gasteiger partial charge in [0.2, 0.25) is 0 Å². The molecular weight excluding hydrogens is 1510 g/mol. The summed E-state index contributed by atoms with van der Waals surface area (Å²) in [5.41, 5.74) is 7.50. The molecule has 0 bridgehead atoms. The Kier molecular flexibility index (Phi) is 112. The van der Waals surface area contributed by atoms with Gasteiger partial charge in [0, 0.05) is 99.1 Å².